The Kier molecular flexibility index (Phi) is 1.06. The normalized spacial score (nSPS) is 49.7. The molecule has 9 heavy (non-hydrogen) atoms. The van der Waals surface area contributed by atoms with Crippen molar-refractivity contribution in [2.24, 2.45) is 0 Å². The molecular weight excluding hydrogens is 116 g/mol. The monoisotopic (exact) mass is 127 g/mol. The Morgan fingerprint density at radius 1 is 1.56 bits per heavy atom. The highest BCUT2D eigenvalue weighted by atomic mass is 16.6. The lowest BCUT2D eigenvalue weighted by Crippen LogP contribution is -2.25. The van der Waals surface area contributed by atoms with Gasteiger partial charge in [0.05, 0.1) is 0 Å². The zero-order valence-electron chi connectivity index (χ0n) is 5.31. The van der Waals surface area contributed by atoms with Crippen LogP contribution in [0.3, 0.4) is 0 Å². The SMILES string of the molecule is [NH][C@@]12CCCCNC1O2. The van der Waals surface area contributed by atoms with E-state index in [0.717, 1.165) is 19.4 Å². The molecule has 1 radical (unpaired) electrons. The van der Waals surface area contributed by atoms with Crippen molar-refractivity contribution in [3.8, 4) is 0 Å². The van der Waals surface area contributed by atoms with E-state index in [1.54, 1.807) is 0 Å². The van der Waals surface area contributed by atoms with Gasteiger partial charge in [-0.2, -0.15) is 0 Å². The van der Waals surface area contributed by atoms with E-state index >= 15 is 0 Å². The number of fused-ring (bicyclic) bond motifs is 1. The number of hydrogen-bond donors (Lipinski definition) is 1. The third-order valence-electron chi connectivity index (χ3n) is 2.00. The van der Waals surface area contributed by atoms with Gasteiger partial charge in [0.15, 0.2) is 12.0 Å². The Bertz CT molecular complexity index is 128. The molecule has 0 aromatic carbocycles. The number of epoxide rings is 1. The first-order valence-corrected chi connectivity index (χ1v) is 3.47. The second-order valence-electron chi connectivity index (χ2n) is 2.80. The molecule has 2 heterocycles. The summed E-state index contributed by atoms with van der Waals surface area (Å²) in [6.45, 7) is 1.02. The average Bonchev–Trinajstić information content (AvgIpc) is 2.40. The van der Waals surface area contributed by atoms with Crippen LogP contribution in [0.4, 0.5) is 0 Å². The highest BCUT2D eigenvalue weighted by Gasteiger charge is 2.54. The van der Waals surface area contributed by atoms with Crippen molar-refractivity contribution in [2.75, 3.05) is 6.54 Å². The lowest BCUT2D eigenvalue weighted by atomic mass is 10.1. The molecule has 2 aliphatic rings. The van der Waals surface area contributed by atoms with Gasteiger partial charge in [0, 0.05) is 0 Å². The molecular formula is C6H11N2O. The third kappa shape index (κ3) is 0.852. The molecule has 51 valence electrons. The van der Waals surface area contributed by atoms with Gasteiger partial charge in [-0.25, -0.2) is 5.73 Å². The molecule has 2 aliphatic heterocycles. The summed E-state index contributed by atoms with van der Waals surface area (Å²) in [6.07, 6.45) is 3.29. The van der Waals surface area contributed by atoms with Crippen LogP contribution in [0.5, 0.6) is 0 Å². The maximum Gasteiger partial charge on any atom is 0.173 e. The van der Waals surface area contributed by atoms with Crippen LogP contribution in [0.2, 0.25) is 0 Å². The molecule has 2 atom stereocenters. The highest BCUT2D eigenvalue weighted by Crippen LogP contribution is 2.36. The lowest BCUT2D eigenvalue weighted by molar-refractivity contribution is 0.258. The topological polar surface area (TPSA) is 48.4 Å². The molecule has 0 aliphatic carbocycles. The third-order valence-corrected chi connectivity index (χ3v) is 2.00. The molecule has 0 spiro atoms. The van der Waals surface area contributed by atoms with Crippen molar-refractivity contribution in [3.05, 3.63) is 0 Å². The Morgan fingerprint density at radius 3 is 3.33 bits per heavy atom. The second kappa shape index (κ2) is 1.68. The molecule has 2 rings (SSSR count). The fourth-order valence-corrected chi connectivity index (χ4v) is 1.32. The van der Waals surface area contributed by atoms with Gasteiger partial charge in [-0.05, 0) is 25.8 Å². The van der Waals surface area contributed by atoms with Gasteiger partial charge >= 0.3 is 0 Å². The van der Waals surface area contributed by atoms with E-state index in [2.05, 4.69) is 5.32 Å². The van der Waals surface area contributed by atoms with Crippen LogP contribution in [-0.4, -0.2) is 18.5 Å². The Hall–Kier alpha value is -0.120. The second-order valence-corrected chi connectivity index (χ2v) is 2.80. The molecule has 2 fully saturated rings. The smallest absolute Gasteiger partial charge is 0.173 e. The summed E-state index contributed by atoms with van der Waals surface area (Å²) in [4.78, 5) is 0. The molecule has 2 N–H and O–H groups in total. The zero-order valence-corrected chi connectivity index (χ0v) is 5.31. The quantitative estimate of drug-likeness (QED) is 0.469. The Labute approximate surface area is 54.6 Å². The fourth-order valence-electron chi connectivity index (χ4n) is 1.32. The largest absolute Gasteiger partial charge is 0.332 e. The first-order chi connectivity index (χ1) is 4.31. The van der Waals surface area contributed by atoms with E-state index < -0.39 is 5.72 Å². The van der Waals surface area contributed by atoms with Gasteiger partial charge in [-0.15, -0.1) is 0 Å². The van der Waals surface area contributed by atoms with E-state index in [1.165, 1.54) is 6.42 Å². The predicted octanol–water partition coefficient (Wildman–Crippen LogP) is 0.0954. The summed E-state index contributed by atoms with van der Waals surface area (Å²) < 4.78 is 5.10. The van der Waals surface area contributed by atoms with Crippen molar-refractivity contribution in [3.63, 3.8) is 0 Å². The van der Waals surface area contributed by atoms with Crippen molar-refractivity contribution >= 4 is 0 Å². The number of ether oxygens (including phenoxy) is 1. The van der Waals surface area contributed by atoms with Crippen LogP contribution in [0.15, 0.2) is 0 Å². The minimum atomic E-state index is -0.531. The summed E-state index contributed by atoms with van der Waals surface area (Å²) in [6, 6.07) is 0. The highest BCUT2D eigenvalue weighted by molar-refractivity contribution is 4.96. The van der Waals surface area contributed by atoms with Crippen molar-refractivity contribution < 1.29 is 4.74 Å². The van der Waals surface area contributed by atoms with Gasteiger partial charge in [0.2, 0.25) is 0 Å². The van der Waals surface area contributed by atoms with Gasteiger partial charge in [-0.1, -0.05) is 0 Å². The summed E-state index contributed by atoms with van der Waals surface area (Å²) in [7, 11) is 0. The molecule has 0 aromatic rings. The van der Waals surface area contributed by atoms with Crippen LogP contribution < -0.4 is 11.1 Å². The van der Waals surface area contributed by atoms with Crippen molar-refractivity contribution in [1.82, 2.24) is 11.1 Å². The molecule has 3 heteroatoms. The molecule has 2 saturated heterocycles. The standard InChI is InChI=1S/C6H11N2O/c7-6-3-1-2-4-8-5(6)9-6/h5,7-8H,1-4H2/t5?,6-/m1/s1. The van der Waals surface area contributed by atoms with Gasteiger partial charge in [-0.3, -0.25) is 5.32 Å². The number of rotatable bonds is 0. The fraction of sp³-hybridized carbons (Fsp3) is 1.00. The van der Waals surface area contributed by atoms with Crippen molar-refractivity contribution in [2.45, 2.75) is 31.2 Å². The van der Waals surface area contributed by atoms with Gasteiger partial charge < -0.3 is 4.74 Å². The first-order valence-electron chi connectivity index (χ1n) is 3.47. The van der Waals surface area contributed by atoms with E-state index in [-0.39, 0.29) is 6.23 Å². The van der Waals surface area contributed by atoms with Crippen molar-refractivity contribution in [1.29, 1.82) is 0 Å². The van der Waals surface area contributed by atoms with E-state index in [9.17, 15) is 0 Å². The number of nitrogens with one attached hydrogen (secondary N) is 2. The van der Waals surface area contributed by atoms with Crippen LogP contribution in [-0.2, 0) is 4.74 Å². The number of hydrogen-bond acceptors (Lipinski definition) is 2. The minimum absolute atomic E-state index is 0.0556. The molecule has 0 amide bonds. The summed E-state index contributed by atoms with van der Waals surface area (Å²) >= 11 is 0. The molecule has 1 unspecified atom stereocenters. The summed E-state index contributed by atoms with van der Waals surface area (Å²) in [5.41, 5.74) is 7.02. The maximum atomic E-state index is 7.56. The molecule has 3 nitrogen and oxygen atoms in total. The Morgan fingerprint density at radius 2 is 2.44 bits per heavy atom. The first kappa shape index (κ1) is 5.65. The molecule has 0 bridgehead atoms. The molecule has 0 aromatic heterocycles. The van der Waals surface area contributed by atoms with Crippen LogP contribution >= 0.6 is 0 Å². The minimum Gasteiger partial charge on any atom is -0.332 e. The zero-order chi connectivity index (χ0) is 6.32. The predicted molar refractivity (Wildman–Crippen MR) is 32.6 cm³/mol. The molecule has 0 saturated carbocycles. The van der Waals surface area contributed by atoms with E-state index in [1.807, 2.05) is 0 Å². The summed E-state index contributed by atoms with van der Waals surface area (Å²) in [5, 5.41) is 3.15. The van der Waals surface area contributed by atoms with E-state index in [0.29, 0.717) is 0 Å². The average molecular weight is 127 g/mol. The lowest BCUT2D eigenvalue weighted by Gasteiger charge is -1.97. The van der Waals surface area contributed by atoms with Gasteiger partial charge in [0.25, 0.3) is 0 Å². The van der Waals surface area contributed by atoms with Crippen LogP contribution in [0.1, 0.15) is 19.3 Å². The maximum absolute atomic E-state index is 7.56. The van der Waals surface area contributed by atoms with E-state index in [4.69, 9.17) is 10.5 Å². The summed E-state index contributed by atoms with van der Waals surface area (Å²) in [5.74, 6) is 0. The van der Waals surface area contributed by atoms with Crippen LogP contribution in [0.25, 0.3) is 0 Å². The van der Waals surface area contributed by atoms with Crippen LogP contribution in [0, 0.1) is 0 Å². The van der Waals surface area contributed by atoms with Gasteiger partial charge in [0.1, 0.15) is 0 Å². The Balaban J connectivity index is 2.00.